The van der Waals surface area contributed by atoms with Crippen molar-refractivity contribution in [3.05, 3.63) is 23.8 Å². The molecule has 6 N–H and O–H groups in total. The molecule has 0 atom stereocenters. The molecule has 0 radical (unpaired) electrons. The van der Waals surface area contributed by atoms with E-state index in [1.807, 2.05) is 0 Å². The molecule has 1 amide bonds. The fraction of sp³-hybridized carbons (Fsp3) is 0.300. The van der Waals surface area contributed by atoms with Crippen LogP contribution < -0.4 is 20.9 Å². The van der Waals surface area contributed by atoms with Crippen LogP contribution >= 0.6 is 0 Å². The molecule has 0 spiro atoms. The predicted octanol–water partition coefficient (Wildman–Crippen LogP) is -1.80. The third-order valence-electron chi connectivity index (χ3n) is 2.37. The average molecular weight is 336 g/mol. The molecule has 0 saturated heterocycles. The maximum Gasteiger partial charge on any atom is 0.248 e. The van der Waals surface area contributed by atoms with E-state index in [2.05, 4.69) is 9.44 Å². The van der Waals surface area contributed by atoms with E-state index in [0.717, 1.165) is 18.4 Å². The summed E-state index contributed by atoms with van der Waals surface area (Å²) in [4.78, 5) is 10.7. The molecule has 0 aliphatic heterocycles. The lowest BCUT2D eigenvalue weighted by atomic mass is 10.2. The monoisotopic (exact) mass is 336 g/mol. The highest BCUT2D eigenvalue weighted by molar-refractivity contribution is 7.89. The van der Waals surface area contributed by atoms with Crippen molar-refractivity contribution < 1.29 is 21.6 Å². The molecule has 21 heavy (non-hydrogen) atoms. The fourth-order valence-corrected chi connectivity index (χ4v) is 3.06. The summed E-state index contributed by atoms with van der Waals surface area (Å²) in [7, 11) is -7.30. The van der Waals surface area contributed by atoms with Crippen LogP contribution in [-0.2, 0) is 20.0 Å². The van der Waals surface area contributed by atoms with Crippen LogP contribution in [0.15, 0.2) is 23.1 Å². The van der Waals surface area contributed by atoms with Crippen LogP contribution in [0.5, 0.6) is 0 Å². The fourth-order valence-electron chi connectivity index (χ4n) is 1.45. The standard InChI is InChI=1S/C10H16N4O5S2/c1-20(16,17)13-4-5-14-21(18,19)9-3-2-7(10(12)15)6-8(9)11/h2-3,6,13-14H,4-5,11H2,1H3,(H2,12,15). The number of anilines is 1. The SMILES string of the molecule is CS(=O)(=O)NCCNS(=O)(=O)c1ccc(C(N)=O)cc1N. The molecule has 0 saturated carbocycles. The van der Waals surface area contributed by atoms with Crippen molar-refractivity contribution in [2.75, 3.05) is 25.1 Å². The summed E-state index contributed by atoms with van der Waals surface area (Å²) in [5, 5.41) is 0. The average Bonchev–Trinajstić information content (AvgIpc) is 2.33. The van der Waals surface area contributed by atoms with Crippen molar-refractivity contribution in [2.45, 2.75) is 4.90 Å². The van der Waals surface area contributed by atoms with Gasteiger partial charge in [-0.1, -0.05) is 0 Å². The van der Waals surface area contributed by atoms with Crippen molar-refractivity contribution >= 4 is 31.6 Å². The molecule has 0 unspecified atom stereocenters. The van der Waals surface area contributed by atoms with Gasteiger partial charge in [0.05, 0.1) is 11.9 Å². The first-order valence-electron chi connectivity index (χ1n) is 5.66. The van der Waals surface area contributed by atoms with E-state index in [9.17, 15) is 21.6 Å². The Bertz CT molecular complexity index is 743. The second kappa shape index (κ2) is 6.39. The number of rotatable bonds is 7. The number of sulfonamides is 2. The molecular weight excluding hydrogens is 320 g/mol. The summed E-state index contributed by atoms with van der Waals surface area (Å²) in [6.07, 6.45) is 0.960. The van der Waals surface area contributed by atoms with Gasteiger partial charge in [0.2, 0.25) is 26.0 Å². The summed E-state index contributed by atoms with van der Waals surface area (Å²) in [6, 6.07) is 3.55. The normalized spacial score (nSPS) is 12.2. The second-order valence-electron chi connectivity index (χ2n) is 4.18. The largest absolute Gasteiger partial charge is 0.398 e. The van der Waals surface area contributed by atoms with Crippen molar-refractivity contribution in [2.24, 2.45) is 5.73 Å². The van der Waals surface area contributed by atoms with Gasteiger partial charge in [0.15, 0.2) is 0 Å². The quantitative estimate of drug-likeness (QED) is 0.339. The zero-order chi connectivity index (χ0) is 16.3. The molecule has 0 fully saturated rings. The molecule has 1 aromatic carbocycles. The summed E-state index contributed by atoms with van der Waals surface area (Å²) < 4.78 is 49.9. The predicted molar refractivity (Wildman–Crippen MR) is 77.4 cm³/mol. The topological polar surface area (TPSA) is 161 Å². The Morgan fingerprint density at radius 1 is 1.14 bits per heavy atom. The Hall–Kier alpha value is -1.69. The Morgan fingerprint density at radius 3 is 2.19 bits per heavy atom. The molecule has 1 rings (SSSR count). The van der Waals surface area contributed by atoms with Gasteiger partial charge in [-0.2, -0.15) is 0 Å². The van der Waals surface area contributed by atoms with Crippen LogP contribution in [-0.4, -0.2) is 42.1 Å². The minimum absolute atomic E-state index is 0.0881. The minimum atomic E-state index is -3.91. The van der Waals surface area contributed by atoms with Gasteiger partial charge in [-0.05, 0) is 18.2 Å². The van der Waals surface area contributed by atoms with Gasteiger partial charge in [0.25, 0.3) is 0 Å². The first-order valence-corrected chi connectivity index (χ1v) is 9.04. The van der Waals surface area contributed by atoms with Crippen LogP contribution in [0.1, 0.15) is 10.4 Å². The van der Waals surface area contributed by atoms with E-state index >= 15 is 0 Å². The van der Waals surface area contributed by atoms with Gasteiger partial charge in [-0.3, -0.25) is 4.79 Å². The molecule has 0 aliphatic carbocycles. The third-order valence-corrected chi connectivity index (χ3v) is 4.63. The highest BCUT2D eigenvalue weighted by atomic mass is 32.2. The van der Waals surface area contributed by atoms with Crippen molar-refractivity contribution in [3.8, 4) is 0 Å². The van der Waals surface area contributed by atoms with Crippen molar-refractivity contribution in [1.82, 2.24) is 9.44 Å². The summed E-state index contributed by atoms with van der Waals surface area (Å²) in [5.74, 6) is -0.726. The van der Waals surface area contributed by atoms with Crippen LogP contribution in [0.3, 0.4) is 0 Å². The molecule has 0 aliphatic rings. The molecule has 9 nitrogen and oxygen atoms in total. The van der Waals surface area contributed by atoms with E-state index in [-0.39, 0.29) is 29.2 Å². The number of nitrogens with two attached hydrogens (primary N) is 2. The number of nitrogens with one attached hydrogen (secondary N) is 2. The van der Waals surface area contributed by atoms with Crippen LogP contribution in [0, 0.1) is 0 Å². The van der Waals surface area contributed by atoms with E-state index < -0.39 is 26.0 Å². The number of hydrogen-bond donors (Lipinski definition) is 4. The van der Waals surface area contributed by atoms with E-state index in [4.69, 9.17) is 11.5 Å². The Balaban J connectivity index is 2.81. The van der Waals surface area contributed by atoms with Crippen LogP contribution in [0.25, 0.3) is 0 Å². The van der Waals surface area contributed by atoms with Gasteiger partial charge in [-0.25, -0.2) is 26.3 Å². The van der Waals surface area contributed by atoms with Crippen LogP contribution in [0.4, 0.5) is 5.69 Å². The minimum Gasteiger partial charge on any atom is -0.398 e. The first kappa shape index (κ1) is 17.4. The van der Waals surface area contributed by atoms with Gasteiger partial charge >= 0.3 is 0 Å². The van der Waals surface area contributed by atoms with Crippen molar-refractivity contribution in [3.63, 3.8) is 0 Å². The van der Waals surface area contributed by atoms with Crippen molar-refractivity contribution in [1.29, 1.82) is 0 Å². The number of amides is 1. The van der Waals surface area contributed by atoms with Crippen LogP contribution in [0.2, 0.25) is 0 Å². The molecule has 11 heteroatoms. The summed E-state index contributed by atoms with van der Waals surface area (Å²) in [6.45, 7) is -0.246. The lowest BCUT2D eigenvalue weighted by Gasteiger charge is -2.10. The maximum absolute atomic E-state index is 12.0. The van der Waals surface area contributed by atoms with Gasteiger partial charge in [-0.15, -0.1) is 0 Å². The number of carbonyl (C=O) groups is 1. The second-order valence-corrected chi connectivity index (χ2v) is 7.75. The zero-order valence-corrected chi connectivity index (χ0v) is 12.8. The zero-order valence-electron chi connectivity index (χ0n) is 11.2. The van der Waals surface area contributed by atoms with Gasteiger partial charge < -0.3 is 11.5 Å². The number of benzene rings is 1. The number of hydrogen-bond acceptors (Lipinski definition) is 6. The smallest absolute Gasteiger partial charge is 0.248 e. The van der Waals surface area contributed by atoms with E-state index in [0.29, 0.717) is 0 Å². The number of nitrogen functional groups attached to an aromatic ring is 1. The highest BCUT2D eigenvalue weighted by Crippen LogP contribution is 2.19. The molecule has 0 bridgehead atoms. The lowest BCUT2D eigenvalue weighted by molar-refractivity contribution is 0.1000. The third kappa shape index (κ3) is 5.30. The van der Waals surface area contributed by atoms with E-state index in [1.165, 1.54) is 6.07 Å². The van der Waals surface area contributed by atoms with Gasteiger partial charge in [0, 0.05) is 18.7 Å². The first-order chi connectivity index (χ1) is 9.53. The maximum atomic E-state index is 12.0. The Kier molecular flexibility index (Phi) is 5.28. The molecule has 0 aromatic heterocycles. The van der Waals surface area contributed by atoms with Gasteiger partial charge in [0.1, 0.15) is 4.90 Å². The number of carbonyl (C=O) groups excluding carboxylic acids is 1. The molecule has 118 valence electrons. The van der Waals surface area contributed by atoms with E-state index in [1.54, 1.807) is 0 Å². The molecule has 0 heterocycles. The number of primary amides is 1. The lowest BCUT2D eigenvalue weighted by Crippen LogP contribution is -2.34. The summed E-state index contributed by atoms with van der Waals surface area (Å²) in [5.41, 5.74) is 10.6. The summed E-state index contributed by atoms with van der Waals surface area (Å²) >= 11 is 0. The molecule has 1 aromatic rings. The highest BCUT2D eigenvalue weighted by Gasteiger charge is 2.18. The Labute approximate surface area is 122 Å². The Morgan fingerprint density at radius 2 is 1.71 bits per heavy atom. The molecular formula is C10H16N4O5S2.